The molecule has 1 aliphatic heterocycles. The number of fused-ring (bicyclic) bond motifs is 1. The number of aromatic nitrogens is 3. The summed E-state index contributed by atoms with van der Waals surface area (Å²) >= 11 is 0. The van der Waals surface area contributed by atoms with E-state index in [1.54, 1.807) is 4.90 Å². The lowest BCUT2D eigenvalue weighted by Crippen LogP contribution is -2.49. The highest BCUT2D eigenvalue weighted by atomic mass is 16.2. The number of anilines is 1. The molecule has 0 unspecified atom stereocenters. The predicted molar refractivity (Wildman–Crippen MR) is 109 cm³/mol. The fourth-order valence-corrected chi connectivity index (χ4v) is 3.67. The van der Waals surface area contributed by atoms with Gasteiger partial charge in [0.05, 0.1) is 5.56 Å². The zero-order valence-electron chi connectivity index (χ0n) is 16.3. The Morgan fingerprint density at radius 1 is 0.964 bits per heavy atom. The number of aryl methyl sites for hydroxylation is 3. The Bertz CT molecular complexity index is 1090. The maximum atomic E-state index is 13.2. The first-order valence-electron chi connectivity index (χ1n) is 9.41. The topological polar surface area (TPSA) is 82.2 Å². The van der Waals surface area contributed by atoms with E-state index in [1.807, 2.05) is 45.0 Å². The van der Waals surface area contributed by atoms with E-state index in [0.717, 1.165) is 22.3 Å². The molecule has 2 aromatic heterocycles. The Labute approximate surface area is 163 Å². The minimum Gasteiger partial charge on any atom is -0.337 e. The summed E-state index contributed by atoms with van der Waals surface area (Å²) in [5.74, 6) is 0.601. The molecule has 3 heterocycles. The van der Waals surface area contributed by atoms with E-state index < -0.39 is 0 Å². The lowest BCUT2D eigenvalue weighted by atomic mass is 10.1. The first-order chi connectivity index (χ1) is 13.4. The Morgan fingerprint density at radius 3 is 2.32 bits per heavy atom. The largest absolute Gasteiger partial charge is 0.337 e. The lowest BCUT2D eigenvalue weighted by Gasteiger charge is -2.35. The first kappa shape index (κ1) is 18.2. The van der Waals surface area contributed by atoms with Gasteiger partial charge in [0, 0.05) is 54.5 Å². The molecule has 3 aromatic rings. The molecular formula is C21H23N5O2. The second kappa shape index (κ2) is 7.07. The molecule has 1 amide bonds. The van der Waals surface area contributed by atoms with Crippen molar-refractivity contribution in [3.8, 4) is 0 Å². The number of rotatable bonds is 2. The summed E-state index contributed by atoms with van der Waals surface area (Å²) in [6.45, 7) is 8.34. The number of hydrogen-bond donors (Lipinski definition) is 1. The van der Waals surface area contributed by atoms with Crippen LogP contribution in [-0.4, -0.2) is 51.9 Å². The van der Waals surface area contributed by atoms with E-state index >= 15 is 0 Å². The van der Waals surface area contributed by atoms with Crippen LogP contribution in [0.15, 0.2) is 35.1 Å². The maximum absolute atomic E-state index is 13.2. The highest BCUT2D eigenvalue weighted by Gasteiger charge is 2.25. The summed E-state index contributed by atoms with van der Waals surface area (Å²) < 4.78 is 0. The Balaban J connectivity index is 1.57. The SMILES string of the molecule is Cc1ccc2[nH]c(=O)cc(C(=O)N3CCN(c4nc(C)cc(C)n4)CC3)c2c1. The molecule has 7 nitrogen and oxygen atoms in total. The molecule has 28 heavy (non-hydrogen) atoms. The van der Waals surface area contributed by atoms with E-state index in [0.29, 0.717) is 43.2 Å². The van der Waals surface area contributed by atoms with Crippen LogP contribution in [0.2, 0.25) is 0 Å². The zero-order chi connectivity index (χ0) is 19.8. The van der Waals surface area contributed by atoms with Gasteiger partial charge in [0.25, 0.3) is 5.91 Å². The van der Waals surface area contributed by atoms with Gasteiger partial charge in [-0.15, -0.1) is 0 Å². The van der Waals surface area contributed by atoms with Crippen LogP contribution in [0.5, 0.6) is 0 Å². The fraction of sp³-hybridized carbons (Fsp3) is 0.333. The molecule has 4 rings (SSSR count). The number of amides is 1. The zero-order valence-corrected chi connectivity index (χ0v) is 16.3. The lowest BCUT2D eigenvalue weighted by molar-refractivity contribution is 0.0748. The Kier molecular flexibility index (Phi) is 4.58. The minimum absolute atomic E-state index is 0.109. The van der Waals surface area contributed by atoms with Gasteiger partial charge in [-0.25, -0.2) is 9.97 Å². The van der Waals surface area contributed by atoms with Gasteiger partial charge in [-0.2, -0.15) is 0 Å². The highest BCUT2D eigenvalue weighted by molar-refractivity contribution is 6.06. The molecule has 1 saturated heterocycles. The number of aromatic amines is 1. The fourth-order valence-electron chi connectivity index (χ4n) is 3.67. The Hall–Kier alpha value is -3.22. The van der Waals surface area contributed by atoms with Crippen molar-refractivity contribution < 1.29 is 4.79 Å². The van der Waals surface area contributed by atoms with E-state index in [4.69, 9.17) is 0 Å². The standard InChI is InChI=1S/C21H23N5O2/c1-13-4-5-18-16(10-13)17(12-19(27)24-18)20(28)25-6-8-26(9-7-25)21-22-14(2)11-15(3)23-21/h4-5,10-12H,6-9H2,1-3H3,(H,24,27). The van der Waals surface area contributed by atoms with Crippen molar-refractivity contribution in [1.29, 1.82) is 0 Å². The quantitative estimate of drug-likeness (QED) is 0.740. The first-order valence-corrected chi connectivity index (χ1v) is 9.41. The van der Waals surface area contributed by atoms with Crippen molar-refractivity contribution in [2.75, 3.05) is 31.1 Å². The number of benzene rings is 1. The molecule has 1 aliphatic rings. The molecule has 0 radical (unpaired) electrons. The van der Waals surface area contributed by atoms with Crippen LogP contribution in [0.1, 0.15) is 27.3 Å². The van der Waals surface area contributed by atoms with Gasteiger partial charge >= 0.3 is 0 Å². The van der Waals surface area contributed by atoms with Crippen molar-refractivity contribution in [2.45, 2.75) is 20.8 Å². The van der Waals surface area contributed by atoms with Gasteiger partial charge in [0.2, 0.25) is 11.5 Å². The number of nitrogens with zero attached hydrogens (tertiary/aromatic N) is 4. The van der Waals surface area contributed by atoms with Gasteiger partial charge in [-0.3, -0.25) is 9.59 Å². The molecule has 1 N–H and O–H groups in total. The second-order valence-corrected chi connectivity index (χ2v) is 7.33. The van der Waals surface area contributed by atoms with Crippen LogP contribution in [0.3, 0.4) is 0 Å². The van der Waals surface area contributed by atoms with E-state index in [2.05, 4.69) is 19.9 Å². The summed E-state index contributed by atoms with van der Waals surface area (Å²) in [4.78, 5) is 40.9. The highest BCUT2D eigenvalue weighted by Crippen LogP contribution is 2.20. The molecule has 1 fully saturated rings. The van der Waals surface area contributed by atoms with Crippen LogP contribution in [0, 0.1) is 20.8 Å². The van der Waals surface area contributed by atoms with Gasteiger partial charge in [0.15, 0.2) is 0 Å². The summed E-state index contributed by atoms with van der Waals surface area (Å²) in [6.07, 6.45) is 0. The van der Waals surface area contributed by atoms with Crippen molar-refractivity contribution in [3.05, 3.63) is 63.2 Å². The summed E-state index contributed by atoms with van der Waals surface area (Å²) in [7, 11) is 0. The van der Waals surface area contributed by atoms with Crippen LogP contribution >= 0.6 is 0 Å². The predicted octanol–water partition coefficient (Wildman–Crippen LogP) is 2.21. The third-order valence-electron chi connectivity index (χ3n) is 5.05. The molecule has 0 aliphatic carbocycles. The summed E-state index contributed by atoms with van der Waals surface area (Å²) in [5.41, 5.74) is 3.80. The Morgan fingerprint density at radius 2 is 1.64 bits per heavy atom. The van der Waals surface area contributed by atoms with Gasteiger partial charge < -0.3 is 14.8 Å². The molecule has 0 bridgehead atoms. The molecule has 144 valence electrons. The van der Waals surface area contributed by atoms with Crippen molar-refractivity contribution >= 4 is 22.8 Å². The number of pyridine rings is 1. The third-order valence-corrected chi connectivity index (χ3v) is 5.05. The third kappa shape index (κ3) is 3.47. The van der Waals surface area contributed by atoms with E-state index in [1.165, 1.54) is 6.07 Å². The smallest absolute Gasteiger partial charge is 0.254 e. The van der Waals surface area contributed by atoms with Crippen molar-refractivity contribution in [3.63, 3.8) is 0 Å². The number of piperazine rings is 1. The number of carbonyl (C=O) groups excluding carboxylic acids is 1. The van der Waals surface area contributed by atoms with Crippen molar-refractivity contribution in [1.82, 2.24) is 19.9 Å². The van der Waals surface area contributed by atoms with Gasteiger partial charge in [-0.1, -0.05) is 11.6 Å². The number of nitrogens with one attached hydrogen (secondary N) is 1. The van der Waals surface area contributed by atoms with Gasteiger partial charge in [0.1, 0.15) is 0 Å². The normalized spacial score (nSPS) is 14.5. The number of H-pyrrole nitrogens is 1. The number of carbonyl (C=O) groups is 1. The molecule has 0 saturated carbocycles. The molecule has 0 atom stereocenters. The summed E-state index contributed by atoms with van der Waals surface area (Å²) in [5, 5.41) is 0.782. The summed E-state index contributed by atoms with van der Waals surface area (Å²) in [6, 6.07) is 9.07. The molecule has 1 aromatic carbocycles. The average Bonchev–Trinajstić information content (AvgIpc) is 2.66. The number of hydrogen-bond acceptors (Lipinski definition) is 5. The van der Waals surface area contributed by atoms with Crippen LogP contribution in [0.4, 0.5) is 5.95 Å². The molecular weight excluding hydrogens is 354 g/mol. The molecule has 7 heteroatoms. The monoisotopic (exact) mass is 377 g/mol. The van der Waals surface area contributed by atoms with Crippen LogP contribution in [0.25, 0.3) is 10.9 Å². The average molecular weight is 377 g/mol. The maximum Gasteiger partial charge on any atom is 0.254 e. The van der Waals surface area contributed by atoms with E-state index in [9.17, 15) is 9.59 Å². The van der Waals surface area contributed by atoms with Crippen molar-refractivity contribution in [2.24, 2.45) is 0 Å². The molecule has 0 spiro atoms. The van der Waals surface area contributed by atoms with Crippen LogP contribution in [-0.2, 0) is 0 Å². The second-order valence-electron chi connectivity index (χ2n) is 7.33. The van der Waals surface area contributed by atoms with Gasteiger partial charge in [-0.05, 0) is 39.0 Å². The van der Waals surface area contributed by atoms with Crippen LogP contribution < -0.4 is 10.5 Å². The van der Waals surface area contributed by atoms with E-state index in [-0.39, 0.29) is 11.5 Å². The minimum atomic E-state index is -0.262.